The molecule has 3 aromatic rings. The molecule has 142 valence electrons. The van der Waals surface area contributed by atoms with Crippen molar-refractivity contribution < 1.29 is 4.79 Å². The van der Waals surface area contributed by atoms with E-state index in [1.54, 1.807) is 12.1 Å². The molecule has 4 rings (SSSR count). The average molecular weight is 372 g/mol. The van der Waals surface area contributed by atoms with E-state index in [4.69, 9.17) is 0 Å². The zero-order valence-corrected chi connectivity index (χ0v) is 15.8. The maximum Gasteiger partial charge on any atom is 0.255 e. The second kappa shape index (κ2) is 8.65. The average Bonchev–Trinajstić information content (AvgIpc) is 3.04. The van der Waals surface area contributed by atoms with Crippen LogP contribution in [0.25, 0.3) is 11.3 Å². The van der Waals surface area contributed by atoms with Crippen LogP contribution in [0.2, 0.25) is 0 Å². The maximum absolute atomic E-state index is 12.4. The third-order valence-corrected chi connectivity index (χ3v) is 5.03. The van der Waals surface area contributed by atoms with Crippen LogP contribution in [0.5, 0.6) is 0 Å². The maximum atomic E-state index is 12.4. The summed E-state index contributed by atoms with van der Waals surface area (Å²) in [7, 11) is 0. The van der Waals surface area contributed by atoms with Gasteiger partial charge in [-0.05, 0) is 49.2 Å². The first-order valence-corrected chi connectivity index (χ1v) is 9.85. The Kier molecular flexibility index (Phi) is 5.61. The molecule has 0 saturated carbocycles. The molecule has 1 amide bonds. The molecular formula is C23H24N4O. The van der Waals surface area contributed by atoms with Crippen molar-refractivity contribution in [2.24, 2.45) is 0 Å². The predicted molar refractivity (Wildman–Crippen MR) is 113 cm³/mol. The van der Waals surface area contributed by atoms with Crippen LogP contribution >= 0.6 is 0 Å². The molecule has 0 radical (unpaired) electrons. The van der Waals surface area contributed by atoms with Crippen molar-refractivity contribution in [2.45, 2.75) is 25.7 Å². The van der Waals surface area contributed by atoms with Crippen LogP contribution in [0, 0.1) is 0 Å². The first-order chi connectivity index (χ1) is 13.8. The Hall–Kier alpha value is -3.21. The summed E-state index contributed by atoms with van der Waals surface area (Å²) in [6, 6.07) is 20.9. The van der Waals surface area contributed by atoms with E-state index in [-0.39, 0.29) is 5.91 Å². The largest absolute Gasteiger partial charge is 0.355 e. The summed E-state index contributed by atoms with van der Waals surface area (Å²) < 4.78 is 0. The van der Waals surface area contributed by atoms with Crippen LogP contribution in [0.4, 0.5) is 11.5 Å². The number of hydrogen-bond donors (Lipinski definition) is 1. The molecule has 0 bridgehead atoms. The monoisotopic (exact) mass is 372 g/mol. The molecule has 1 aliphatic heterocycles. The fourth-order valence-electron chi connectivity index (χ4n) is 3.50. The molecule has 1 fully saturated rings. The van der Waals surface area contributed by atoms with E-state index in [0.29, 0.717) is 5.56 Å². The number of hydrogen-bond acceptors (Lipinski definition) is 4. The van der Waals surface area contributed by atoms with Crippen LogP contribution in [-0.2, 0) is 0 Å². The molecule has 1 N–H and O–H groups in total. The summed E-state index contributed by atoms with van der Waals surface area (Å²) in [5, 5.41) is 11.8. The number of amides is 1. The molecule has 5 nitrogen and oxygen atoms in total. The highest BCUT2D eigenvalue weighted by atomic mass is 16.1. The van der Waals surface area contributed by atoms with Gasteiger partial charge in [-0.3, -0.25) is 4.79 Å². The van der Waals surface area contributed by atoms with E-state index < -0.39 is 0 Å². The molecule has 1 aromatic heterocycles. The van der Waals surface area contributed by atoms with Gasteiger partial charge >= 0.3 is 0 Å². The Morgan fingerprint density at radius 2 is 1.61 bits per heavy atom. The lowest BCUT2D eigenvalue weighted by atomic mass is 10.1. The number of anilines is 2. The highest BCUT2D eigenvalue weighted by Gasteiger charge is 2.12. The highest BCUT2D eigenvalue weighted by molar-refractivity contribution is 6.04. The zero-order valence-electron chi connectivity index (χ0n) is 15.8. The van der Waals surface area contributed by atoms with E-state index in [1.807, 2.05) is 54.6 Å². The van der Waals surface area contributed by atoms with Gasteiger partial charge in [0.05, 0.1) is 5.69 Å². The van der Waals surface area contributed by atoms with E-state index in [2.05, 4.69) is 20.4 Å². The molecule has 2 aromatic carbocycles. The van der Waals surface area contributed by atoms with Gasteiger partial charge in [0.25, 0.3) is 5.91 Å². The molecule has 28 heavy (non-hydrogen) atoms. The van der Waals surface area contributed by atoms with Gasteiger partial charge in [-0.2, -0.15) is 0 Å². The molecule has 0 unspecified atom stereocenters. The van der Waals surface area contributed by atoms with Crippen LogP contribution < -0.4 is 10.2 Å². The van der Waals surface area contributed by atoms with Gasteiger partial charge in [0.2, 0.25) is 0 Å². The lowest BCUT2D eigenvalue weighted by molar-refractivity contribution is 0.102. The number of benzene rings is 2. The highest BCUT2D eigenvalue weighted by Crippen LogP contribution is 2.23. The van der Waals surface area contributed by atoms with Crippen molar-refractivity contribution in [1.82, 2.24) is 10.2 Å². The molecule has 1 aliphatic rings. The van der Waals surface area contributed by atoms with Gasteiger partial charge in [0.1, 0.15) is 0 Å². The SMILES string of the molecule is O=C(Nc1cccc(-c2ccc(N3CCCCCC3)nn2)c1)c1ccccc1. The van der Waals surface area contributed by atoms with Crippen molar-refractivity contribution in [3.63, 3.8) is 0 Å². The molecule has 0 spiro atoms. The van der Waals surface area contributed by atoms with Crippen molar-refractivity contribution in [3.05, 3.63) is 72.3 Å². The summed E-state index contributed by atoms with van der Waals surface area (Å²) in [6.07, 6.45) is 5.02. The van der Waals surface area contributed by atoms with E-state index in [1.165, 1.54) is 25.7 Å². The number of nitrogens with one attached hydrogen (secondary N) is 1. The van der Waals surface area contributed by atoms with Gasteiger partial charge in [0.15, 0.2) is 5.82 Å². The minimum absolute atomic E-state index is 0.125. The molecule has 0 aliphatic carbocycles. The van der Waals surface area contributed by atoms with E-state index in [0.717, 1.165) is 35.9 Å². The van der Waals surface area contributed by atoms with Gasteiger partial charge < -0.3 is 10.2 Å². The lowest BCUT2D eigenvalue weighted by Gasteiger charge is -2.20. The topological polar surface area (TPSA) is 58.1 Å². The first-order valence-electron chi connectivity index (χ1n) is 9.85. The van der Waals surface area contributed by atoms with Gasteiger partial charge in [-0.15, -0.1) is 10.2 Å². The standard InChI is InChI=1S/C23H24N4O/c28-23(18-9-4-3-5-10-18)24-20-12-8-11-19(17-20)21-13-14-22(26-25-21)27-15-6-1-2-7-16-27/h3-5,8-14,17H,1-2,6-7,15-16H2,(H,24,28). The smallest absolute Gasteiger partial charge is 0.255 e. The summed E-state index contributed by atoms with van der Waals surface area (Å²) in [5.74, 6) is 0.819. The van der Waals surface area contributed by atoms with Crippen molar-refractivity contribution in [1.29, 1.82) is 0 Å². The summed E-state index contributed by atoms with van der Waals surface area (Å²) >= 11 is 0. The predicted octanol–water partition coefficient (Wildman–Crippen LogP) is 4.78. The number of carbonyl (C=O) groups excluding carboxylic acids is 1. The molecule has 0 atom stereocenters. The van der Waals surface area contributed by atoms with Crippen LogP contribution in [-0.4, -0.2) is 29.2 Å². The fraction of sp³-hybridized carbons (Fsp3) is 0.261. The number of aromatic nitrogens is 2. The first kappa shape index (κ1) is 18.2. The minimum atomic E-state index is -0.125. The molecular weight excluding hydrogens is 348 g/mol. The Labute approximate surface area is 165 Å². The minimum Gasteiger partial charge on any atom is -0.355 e. The summed E-state index contributed by atoms with van der Waals surface area (Å²) in [4.78, 5) is 14.7. The lowest BCUT2D eigenvalue weighted by Crippen LogP contribution is -2.25. The molecule has 1 saturated heterocycles. The number of nitrogens with zero attached hydrogens (tertiary/aromatic N) is 3. The fourth-order valence-corrected chi connectivity index (χ4v) is 3.50. The van der Waals surface area contributed by atoms with Gasteiger partial charge in [-0.25, -0.2) is 0 Å². The van der Waals surface area contributed by atoms with Crippen LogP contribution in [0.15, 0.2) is 66.7 Å². The quantitative estimate of drug-likeness (QED) is 0.716. The van der Waals surface area contributed by atoms with Crippen molar-refractivity contribution >= 4 is 17.4 Å². The Balaban J connectivity index is 1.48. The number of carbonyl (C=O) groups is 1. The van der Waals surface area contributed by atoms with Crippen LogP contribution in [0.3, 0.4) is 0 Å². The summed E-state index contributed by atoms with van der Waals surface area (Å²) in [5.41, 5.74) is 3.11. The van der Waals surface area contributed by atoms with Gasteiger partial charge in [0, 0.05) is 29.9 Å². The Morgan fingerprint density at radius 1 is 0.821 bits per heavy atom. The van der Waals surface area contributed by atoms with Crippen molar-refractivity contribution in [2.75, 3.05) is 23.3 Å². The summed E-state index contributed by atoms with van der Waals surface area (Å²) in [6.45, 7) is 2.10. The molecule has 5 heteroatoms. The Bertz CT molecular complexity index is 917. The zero-order chi connectivity index (χ0) is 19.2. The van der Waals surface area contributed by atoms with Gasteiger partial charge in [-0.1, -0.05) is 43.2 Å². The van der Waals surface area contributed by atoms with Crippen molar-refractivity contribution in [3.8, 4) is 11.3 Å². The second-order valence-corrected chi connectivity index (χ2v) is 7.08. The molecule has 2 heterocycles. The second-order valence-electron chi connectivity index (χ2n) is 7.08. The van der Waals surface area contributed by atoms with E-state index >= 15 is 0 Å². The van der Waals surface area contributed by atoms with Crippen LogP contribution in [0.1, 0.15) is 36.0 Å². The van der Waals surface area contributed by atoms with E-state index in [9.17, 15) is 4.79 Å². The third-order valence-electron chi connectivity index (χ3n) is 5.03. The number of rotatable bonds is 4. The Morgan fingerprint density at radius 3 is 2.32 bits per heavy atom. The third kappa shape index (κ3) is 4.36. The normalized spacial score (nSPS) is 14.4.